The molecule has 1 saturated carbocycles. The molecule has 1 aliphatic heterocycles. The first kappa shape index (κ1) is 20.3. The topological polar surface area (TPSA) is 78.0 Å². The maximum Gasteiger partial charge on any atom is 0.161 e. The van der Waals surface area contributed by atoms with Crippen molar-refractivity contribution < 1.29 is 13.5 Å². The number of furan rings is 1. The monoisotopic (exact) mass is 425 g/mol. The molecule has 2 aromatic heterocycles. The number of aromatic nitrogens is 4. The molecule has 2 aliphatic rings. The molecule has 1 aliphatic carbocycles. The highest BCUT2D eigenvalue weighted by Crippen LogP contribution is 2.39. The first-order valence-electron chi connectivity index (χ1n) is 11.2. The summed E-state index contributed by atoms with van der Waals surface area (Å²) in [6.45, 7) is 1.51. The van der Waals surface area contributed by atoms with E-state index >= 15 is 0 Å². The van der Waals surface area contributed by atoms with E-state index in [4.69, 9.17) is 9.15 Å². The summed E-state index contributed by atoms with van der Waals surface area (Å²) in [5.41, 5.74) is 0.941. The zero-order valence-electron chi connectivity index (χ0n) is 17.5. The Morgan fingerprint density at radius 3 is 2.65 bits per heavy atom. The van der Waals surface area contributed by atoms with Crippen molar-refractivity contribution in [3.63, 3.8) is 0 Å². The number of nitrogens with zero attached hydrogens (tertiary/aromatic N) is 4. The third kappa shape index (κ3) is 4.41. The minimum absolute atomic E-state index is 0.178. The molecule has 1 saturated heterocycles. The lowest BCUT2D eigenvalue weighted by Gasteiger charge is -2.28. The van der Waals surface area contributed by atoms with Crippen molar-refractivity contribution in [2.45, 2.75) is 62.6 Å². The Morgan fingerprint density at radius 2 is 1.94 bits per heavy atom. The van der Waals surface area contributed by atoms with Gasteiger partial charge >= 0.3 is 0 Å². The van der Waals surface area contributed by atoms with E-state index in [2.05, 4.69) is 20.8 Å². The maximum absolute atomic E-state index is 13.7. The summed E-state index contributed by atoms with van der Waals surface area (Å²) in [6.07, 6.45) is 8.49. The molecule has 5 rings (SSSR count). The first-order chi connectivity index (χ1) is 15.3. The van der Waals surface area contributed by atoms with Crippen LogP contribution in [0.15, 0.2) is 47.1 Å². The third-order valence-electron chi connectivity index (χ3n) is 6.47. The number of hydrogen-bond donors (Lipinski definition) is 1. The number of tetrazole rings is 1. The Kier molecular flexibility index (Phi) is 6.08. The van der Waals surface area contributed by atoms with Crippen molar-refractivity contribution in [1.82, 2.24) is 25.5 Å². The summed E-state index contributed by atoms with van der Waals surface area (Å²) in [6, 6.07) is 10.6. The molecule has 7 nitrogen and oxygen atoms in total. The van der Waals surface area contributed by atoms with Crippen molar-refractivity contribution in [2.75, 3.05) is 13.2 Å². The Labute approximate surface area is 181 Å². The molecule has 0 amide bonds. The molecule has 1 N–H and O–H groups in total. The number of nitrogens with one attached hydrogen (secondary N) is 1. The highest BCUT2D eigenvalue weighted by Gasteiger charge is 2.35. The van der Waals surface area contributed by atoms with Crippen LogP contribution in [0.1, 0.15) is 73.7 Å². The number of halogens is 1. The Balaban J connectivity index is 1.54. The molecule has 3 heterocycles. The van der Waals surface area contributed by atoms with Crippen molar-refractivity contribution >= 4 is 0 Å². The molecular weight excluding hydrogens is 397 g/mol. The SMILES string of the molecule is Fc1ccc(C(c2nnnn2C2CCCC2)C(NCC2CCCO2)c2ccco2)cc1. The van der Waals surface area contributed by atoms with E-state index in [1.807, 2.05) is 28.9 Å². The van der Waals surface area contributed by atoms with Crippen LogP contribution < -0.4 is 5.32 Å². The second-order valence-electron chi connectivity index (χ2n) is 8.49. The predicted molar refractivity (Wildman–Crippen MR) is 112 cm³/mol. The van der Waals surface area contributed by atoms with Gasteiger partial charge in [-0.15, -0.1) is 5.10 Å². The Morgan fingerprint density at radius 1 is 1.10 bits per heavy atom. The molecular formula is C23H28FN5O2. The predicted octanol–water partition coefficient (Wildman–Crippen LogP) is 4.16. The van der Waals surface area contributed by atoms with Crippen molar-refractivity contribution in [2.24, 2.45) is 0 Å². The molecule has 1 aromatic carbocycles. The van der Waals surface area contributed by atoms with E-state index in [1.54, 1.807) is 6.26 Å². The average Bonchev–Trinajstić information content (AvgIpc) is 3.58. The fourth-order valence-electron chi connectivity index (χ4n) is 4.89. The van der Waals surface area contributed by atoms with E-state index in [0.717, 1.165) is 49.4 Å². The van der Waals surface area contributed by atoms with E-state index in [0.29, 0.717) is 12.6 Å². The van der Waals surface area contributed by atoms with E-state index in [1.165, 1.54) is 25.0 Å². The minimum atomic E-state index is -0.264. The van der Waals surface area contributed by atoms with Gasteiger partial charge < -0.3 is 14.5 Å². The zero-order chi connectivity index (χ0) is 21.0. The molecule has 164 valence electrons. The fraction of sp³-hybridized carbons (Fsp3) is 0.522. The van der Waals surface area contributed by atoms with Gasteiger partial charge in [-0.25, -0.2) is 9.07 Å². The summed E-state index contributed by atoms with van der Waals surface area (Å²) in [5.74, 6) is 1.08. The van der Waals surface area contributed by atoms with Gasteiger partial charge in [0.1, 0.15) is 11.6 Å². The molecule has 0 bridgehead atoms. The van der Waals surface area contributed by atoms with E-state index in [-0.39, 0.29) is 23.9 Å². The van der Waals surface area contributed by atoms with Crippen LogP contribution in [0.4, 0.5) is 4.39 Å². The van der Waals surface area contributed by atoms with Crippen LogP contribution in [0.25, 0.3) is 0 Å². The van der Waals surface area contributed by atoms with Gasteiger partial charge in [0, 0.05) is 13.2 Å². The summed E-state index contributed by atoms with van der Waals surface area (Å²) >= 11 is 0. The third-order valence-corrected chi connectivity index (χ3v) is 6.47. The Bertz CT molecular complexity index is 947. The Hall–Kier alpha value is -2.58. The lowest BCUT2D eigenvalue weighted by atomic mass is 9.88. The summed E-state index contributed by atoms with van der Waals surface area (Å²) in [4.78, 5) is 0. The lowest BCUT2D eigenvalue weighted by molar-refractivity contribution is 0.105. The van der Waals surface area contributed by atoms with Gasteiger partial charge in [0.2, 0.25) is 0 Å². The van der Waals surface area contributed by atoms with Gasteiger partial charge in [0.25, 0.3) is 0 Å². The molecule has 0 spiro atoms. The highest BCUT2D eigenvalue weighted by molar-refractivity contribution is 5.30. The van der Waals surface area contributed by atoms with Gasteiger partial charge in [0.15, 0.2) is 5.82 Å². The number of rotatable bonds is 8. The van der Waals surface area contributed by atoms with E-state index in [9.17, 15) is 4.39 Å². The van der Waals surface area contributed by atoms with E-state index < -0.39 is 0 Å². The van der Waals surface area contributed by atoms with Gasteiger partial charge in [-0.3, -0.25) is 0 Å². The minimum Gasteiger partial charge on any atom is -0.468 e. The van der Waals surface area contributed by atoms with Crippen molar-refractivity contribution in [1.29, 1.82) is 0 Å². The maximum atomic E-state index is 13.7. The summed E-state index contributed by atoms with van der Waals surface area (Å²) in [7, 11) is 0. The molecule has 2 fully saturated rings. The van der Waals surface area contributed by atoms with Crippen LogP contribution in [0.2, 0.25) is 0 Å². The van der Waals surface area contributed by atoms with Gasteiger partial charge in [0.05, 0.1) is 30.4 Å². The molecule has 0 radical (unpaired) electrons. The van der Waals surface area contributed by atoms with Crippen LogP contribution in [-0.4, -0.2) is 39.5 Å². The summed E-state index contributed by atoms with van der Waals surface area (Å²) in [5, 5.41) is 16.5. The van der Waals surface area contributed by atoms with Crippen LogP contribution >= 0.6 is 0 Å². The number of ether oxygens (including phenoxy) is 1. The number of hydrogen-bond acceptors (Lipinski definition) is 6. The van der Waals surface area contributed by atoms with Crippen LogP contribution in [0.3, 0.4) is 0 Å². The van der Waals surface area contributed by atoms with Gasteiger partial charge in [-0.1, -0.05) is 25.0 Å². The largest absolute Gasteiger partial charge is 0.468 e. The first-order valence-corrected chi connectivity index (χ1v) is 11.2. The van der Waals surface area contributed by atoms with Crippen LogP contribution in [0, 0.1) is 5.82 Å². The second-order valence-corrected chi connectivity index (χ2v) is 8.49. The average molecular weight is 426 g/mol. The van der Waals surface area contributed by atoms with Crippen molar-refractivity contribution in [3.8, 4) is 0 Å². The van der Waals surface area contributed by atoms with Gasteiger partial charge in [-0.2, -0.15) is 0 Å². The summed E-state index contributed by atoms with van der Waals surface area (Å²) < 4.78 is 27.4. The van der Waals surface area contributed by atoms with Crippen molar-refractivity contribution in [3.05, 3.63) is 65.6 Å². The zero-order valence-corrected chi connectivity index (χ0v) is 17.5. The standard InChI is InChI=1S/C23H28FN5O2/c24-17-11-9-16(10-12-17)21(23-26-27-28-29(23)18-5-1-2-6-18)22(20-8-4-14-31-20)25-15-19-7-3-13-30-19/h4,8-12,14,18-19,21-22,25H,1-3,5-7,13,15H2. The molecule has 31 heavy (non-hydrogen) atoms. The fourth-order valence-corrected chi connectivity index (χ4v) is 4.89. The quantitative estimate of drug-likeness (QED) is 0.584. The molecule has 3 aromatic rings. The smallest absolute Gasteiger partial charge is 0.161 e. The number of benzene rings is 1. The molecule has 8 heteroatoms. The molecule has 3 unspecified atom stereocenters. The van der Waals surface area contributed by atoms with Crippen LogP contribution in [0.5, 0.6) is 0 Å². The lowest BCUT2D eigenvalue weighted by Crippen LogP contribution is -2.35. The van der Waals surface area contributed by atoms with Crippen LogP contribution in [-0.2, 0) is 4.74 Å². The second kappa shape index (κ2) is 9.28. The normalized spacial score (nSPS) is 21.5. The highest BCUT2D eigenvalue weighted by atomic mass is 19.1. The van der Waals surface area contributed by atoms with Gasteiger partial charge in [-0.05, 0) is 65.9 Å². The molecule has 3 atom stereocenters.